The van der Waals surface area contributed by atoms with Gasteiger partial charge in [-0.25, -0.2) is 15.0 Å². The summed E-state index contributed by atoms with van der Waals surface area (Å²) in [5.41, 5.74) is 1.76. The van der Waals surface area contributed by atoms with Gasteiger partial charge in [0.25, 0.3) is 5.95 Å². The van der Waals surface area contributed by atoms with Crippen LogP contribution in [-0.2, 0) is 16.6 Å². The van der Waals surface area contributed by atoms with Crippen molar-refractivity contribution in [2.24, 2.45) is 0 Å². The maximum absolute atomic E-state index is 12.6. The minimum atomic E-state index is -0.156. The molecule has 0 aliphatic rings. The Balaban J connectivity index is 1.37. The van der Waals surface area contributed by atoms with Gasteiger partial charge in [0.05, 0.1) is 20.9 Å². The van der Waals surface area contributed by atoms with E-state index in [1.54, 1.807) is 34.5 Å². The van der Waals surface area contributed by atoms with E-state index in [9.17, 15) is 4.79 Å². The molecule has 4 rings (SSSR count). The Hall–Kier alpha value is -3.13. The second-order valence-corrected chi connectivity index (χ2v) is 9.57. The van der Waals surface area contributed by atoms with E-state index in [1.807, 2.05) is 24.3 Å². The van der Waals surface area contributed by atoms with Crippen LogP contribution in [0.25, 0.3) is 16.2 Å². The van der Waals surface area contributed by atoms with Crippen molar-refractivity contribution < 1.29 is 4.79 Å². The smallest absolute Gasteiger partial charge is 0.252 e. The number of carbonyl (C=O) groups excluding carboxylic acids is 1. The molecule has 0 saturated carbocycles. The summed E-state index contributed by atoms with van der Waals surface area (Å²) in [6.45, 7) is 6.25. The highest BCUT2D eigenvalue weighted by atomic mass is 32.1. The molecule has 0 atom stereocenters. The quantitative estimate of drug-likeness (QED) is 0.417. The summed E-state index contributed by atoms with van der Waals surface area (Å²) in [5, 5.41) is 8.74. The molecular formula is C23H26N6OS. The molecule has 0 aliphatic carbocycles. The van der Waals surface area contributed by atoms with Crippen LogP contribution in [0.2, 0.25) is 0 Å². The zero-order valence-electron chi connectivity index (χ0n) is 18.0. The van der Waals surface area contributed by atoms with E-state index in [0.29, 0.717) is 18.2 Å². The average molecular weight is 435 g/mol. The topological polar surface area (TPSA) is 85.6 Å². The Morgan fingerprint density at radius 2 is 1.87 bits per heavy atom. The number of fused-ring (bicyclic) bond motifs is 1. The van der Waals surface area contributed by atoms with E-state index < -0.39 is 0 Å². The van der Waals surface area contributed by atoms with Crippen molar-refractivity contribution in [3.63, 3.8) is 0 Å². The van der Waals surface area contributed by atoms with Crippen LogP contribution in [0.1, 0.15) is 50.7 Å². The molecule has 0 bridgehead atoms. The lowest BCUT2D eigenvalue weighted by molar-refractivity contribution is -0.116. The summed E-state index contributed by atoms with van der Waals surface area (Å²) >= 11 is 1.73. The molecule has 3 aromatic heterocycles. The molecule has 3 heterocycles. The number of hydrogen-bond acceptors (Lipinski definition) is 6. The fourth-order valence-corrected chi connectivity index (χ4v) is 4.19. The van der Waals surface area contributed by atoms with Crippen LogP contribution < -0.4 is 5.32 Å². The minimum Gasteiger partial charge on any atom is -0.310 e. The van der Waals surface area contributed by atoms with Crippen LogP contribution in [-0.4, -0.2) is 30.6 Å². The number of anilines is 1. The van der Waals surface area contributed by atoms with E-state index in [0.717, 1.165) is 35.5 Å². The molecule has 0 fully saturated rings. The Kier molecular flexibility index (Phi) is 6.08. The number of unbranched alkanes of at least 4 members (excludes halogenated alkanes) is 1. The highest BCUT2D eigenvalue weighted by molar-refractivity contribution is 7.18. The molecule has 160 valence electrons. The third kappa shape index (κ3) is 5.14. The van der Waals surface area contributed by atoms with Gasteiger partial charge in [-0.1, -0.05) is 32.9 Å². The third-order valence-corrected chi connectivity index (χ3v) is 5.97. The first-order valence-corrected chi connectivity index (χ1v) is 11.2. The number of carbonyl (C=O) groups is 1. The van der Waals surface area contributed by atoms with Gasteiger partial charge in [-0.2, -0.15) is 9.78 Å². The van der Waals surface area contributed by atoms with Gasteiger partial charge in [-0.3, -0.25) is 4.79 Å². The number of amides is 1. The van der Waals surface area contributed by atoms with Crippen LogP contribution in [0.15, 0.2) is 48.8 Å². The molecule has 31 heavy (non-hydrogen) atoms. The van der Waals surface area contributed by atoms with Crippen molar-refractivity contribution in [3.8, 4) is 5.95 Å². The monoisotopic (exact) mass is 434 g/mol. The third-order valence-electron chi connectivity index (χ3n) is 4.87. The summed E-state index contributed by atoms with van der Waals surface area (Å²) in [6.07, 6.45) is 6.36. The van der Waals surface area contributed by atoms with Gasteiger partial charge in [-0.05, 0) is 37.5 Å². The minimum absolute atomic E-state index is 0.0400. The van der Waals surface area contributed by atoms with Crippen molar-refractivity contribution >= 4 is 33.3 Å². The van der Waals surface area contributed by atoms with E-state index in [4.69, 9.17) is 0 Å². The summed E-state index contributed by atoms with van der Waals surface area (Å²) in [5.74, 6) is 0.985. The maximum Gasteiger partial charge on any atom is 0.252 e. The van der Waals surface area contributed by atoms with Gasteiger partial charge >= 0.3 is 0 Å². The first kappa shape index (κ1) is 21.1. The molecule has 0 spiro atoms. The van der Waals surface area contributed by atoms with Crippen LogP contribution in [0.5, 0.6) is 0 Å². The second kappa shape index (κ2) is 8.93. The van der Waals surface area contributed by atoms with E-state index in [2.05, 4.69) is 52.2 Å². The summed E-state index contributed by atoms with van der Waals surface area (Å²) in [6, 6.07) is 11.8. The first-order valence-electron chi connectivity index (χ1n) is 10.4. The van der Waals surface area contributed by atoms with Gasteiger partial charge in [0.2, 0.25) is 5.91 Å². The number of para-hydroxylation sites is 1. The predicted octanol–water partition coefficient (Wildman–Crippen LogP) is 4.92. The number of aromatic nitrogens is 5. The van der Waals surface area contributed by atoms with Crippen molar-refractivity contribution in [3.05, 3.63) is 59.5 Å². The molecule has 1 amide bonds. The number of aryl methyl sites for hydroxylation is 1. The van der Waals surface area contributed by atoms with E-state index in [-0.39, 0.29) is 11.3 Å². The highest BCUT2D eigenvalue weighted by Crippen LogP contribution is 2.26. The predicted molar refractivity (Wildman–Crippen MR) is 124 cm³/mol. The van der Waals surface area contributed by atoms with Gasteiger partial charge in [0, 0.05) is 30.3 Å². The standard InChI is InChI=1S/C23H26N6OS/c1-23(2,3)18-15-19(29(28-18)22-24-13-8-14-25-22)27-20(30)11-6-7-12-21-26-16-9-4-5-10-17(16)31-21/h4-5,8-10,13-15H,6-7,11-12H2,1-3H3,(H,27,30). The Bertz CT molecular complexity index is 1140. The van der Waals surface area contributed by atoms with E-state index >= 15 is 0 Å². The normalized spacial score (nSPS) is 11.7. The van der Waals surface area contributed by atoms with Gasteiger partial charge in [0.15, 0.2) is 0 Å². The highest BCUT2D eigenvalue weighted by Gasteiger charge is 2.22. The second-order valence-electron chi connectivity index (χ2n) is 8.46. The summed E-state index contributed by atoms with van der Waals surface area (Å²) < 4.78 is 2.81. The van der Waals surface area contributed by atoms with Crippen LogP contribution in [0.4, 0.5) is 5.82 Å². The lowest BCUT2D eigenvalue weighted by Crippen LogP contribution is -2.16. The average Bonchev–Trinajstić information content (AvgIpc) is 3.35. The fourth-order valence-electron chi connectivity index (χ4n) is 3.18. The SMILES string of the molecule is CC(C)(C)c1cc(NC(=O)CCCCc2nc3ccccc3s2)n(-c2ncccn2)n1. The molecule has 0 radical (unpaired) electrons. The van der Waals surface area contributed by atoms with Gasteiger partial charge in [0.1, 0.15) is 5.82 Å². The zero-order valence-corrected chi connectivity index (χ0v) is 18.8. The number of rotatable bonds is 7. The molecule has 8 heteroatoms. The van der Waals surface area contributed by atoms with Gasteiger partial charge in [-0.15, -0.1) is 11.3 Å². The van der Waals surface area contributed by atoms with Crippen LogP contribution in [0, 0.1) is 0 Å². The number of thiazole rings is 1. The maximum atomic E-state index is 12.6. The Labute approximate surface area is 185 Å². The van der Waals surface area contributed by atoms with Crippen molar-refractivity contribution in [1.29, 1.82) is 0 Å². The van der Waals surface area contributed by atoms with Crippen molar-refractivity contribution in [2.75, 3.05) is 5.32 Å². The van der Waals surface area contributed by atoms with Crippen LogP contribution in [0.3, 0.4) is 0 Å². The molecule has 7 nitrogen and oxygen atoms in total. The Morgan fingerprint density at radius 1 is 1.10 bits per heavy atom. The number of benzene rings is 1. The van der Waals surface area contributed by atoms with Crippen molar-refractivity contribution in [2.45, 2.75) is 51.9 Å². The lowest BCUT2D eigenvalue weighted by atomic mass is 9.92. The number of nitrogens with one attached hydrogen (secondary N) is 1. The zero-order chi connectivity index (χ0) is 21.8. The molecule has 0 saturated heterocycles. The Morgan fingerprint density at radius 3 is 2.61 bits per heavy atom. The summed E-state index contributed by atoms with van der Waals surface area (Å²) in [4.78, 5) is 25.8. The van der Waals surface area contributed by atoms with E-state index in [1.165, 1.54) is 4.70 Å². The fraction of sp³-hybridized carbons (Fsp3) is 0.348. The molecule has 1 aromatic carbocycles. The van der Waals surface area contributed by atoms with Crippen LogP contribution >= 0.6 is 11.3 Å². The first-order chi connectivity index (χ1) is 14.9. The summed E-state index contributed by atoms with van der Waals surface area (Å²) in [7, 11) is 0. The largest absolute Gasteiger partial charge is 0.310 e. The number of nitrogens with zero attached hydrogens (tertiary/aromatic N) is 5. The van der Waals surface area contributed by atoms with Gasteiger partial charge < -0.3 is 5.32 Å². The number of hydrogen-bond donors (Lipinski definition) is 1. The van der Waals surface area contributed by atoms with Crippen molar-refractivity contribution in [1.82, 2.24) is 24.7 Å². The lowest BCUT2D eigenvalue weighted by Gasteiger charge is -2.13. The molecule has 1 N–H and O–H groups in total. The molecule has 0 unspecified atom stereocenters. The molecule has 0 aliphatic heterocycles. The molecule has 4 aromatic rings. The molecular weight excluding hydrogens is 408 g/mol.